The molecule has 0 aromatic rings. The first kappa shape index (κ1) is 20.7. The van der Waals surface area contributed by atoms with Crippen LogP contribution in [-0.2, 0) is 9.59 Å². The quantitative estimate of drug-likeness (QED) is 0.215. The summed E-state index contributed by atoms with van der Waals surface area (Å²) in [7, 11) is 0. The van der Waals surface area contributed by atoms with E-state index in [9.17, 15) is 22.8 Å². The number of fused-ring (bicyclic) bond motifs is 5. The van der Waals surface area contributed by atoms with E-state index in [0.717, 1.165) is 6.42 Å². The summed E-state index contributed by atoms with van der Waals surface area (Å²) in [6, 6.07) is 0. The summed E-state index contributed by atoms with van der Waals surface area (Å²) in [6.45, 7) is 3.40. The molecular weight excluding hydrogens is 373 g/mol. The average molecular weight is 400 g/mol. The van der Waals surface area contributed by atoms with Crippen LogP contribution in [0.15, 0.2) is 17.1 Å². The van der Waals surface area contributed by atoms with E-state index in [-0.39, 0.29) is 55.0 Å². The molecule has 2 N–H and O–H groups in total. The van der Waals surface area contributed by atoms with E-state index in [4.69, 9.17) is 0 Å². The standard InChI is InChI=1S/C19H27F3N4O2/c1-2-23-18(24-8-4-3-7-19(20,21)22)25-9-10-26-16(27)14-12-5-6-13(11-12)15(14)17(26)28/h5-6,12-15H,2-4,7-11H2,1H3,(H2,23,24,25). The van der Waals surface area contributed by atoms with Gasteiger partial charge in [-0.15, -0.1) is 0 Å². The van der Waals surface area contributed by atoms with Gasteiger partial charge in [0.2, 0.25) is 11.8 Å². The third-order valence-corrected chi connectivity index (χ3v) is 5.67. The molecule has 9 heteroatoms. The van der Waals surface area contributed by atoms with Gasteiger partial charge in [0.1, 0.15) is 0 Å². The zero-order chi connectivity index (χ0) is 20.3. The largest absolute Gasteiger partial charge is 0.389 e. The molecule has 156 valence electrons. The Balaban J connectivity index is 1.44. The summed E-state index contributed by atoms with van der Waals surface area (Å²) in [5, 5.41) is 6.07. The minimum absolute atomic E-state index is 0.0440. The molecule has 0 radical (unpaired) electrons. The molecule has 1 heterocycles. The fraction of sp³-hybridized carbons (Fsp3) is 0.737. The molecule has 0 spiro atoms. The number of alkyl halides is 3. The van der Waals surface area contributed by atoms with Gasteiger partial charge in [-0.05, 0) is 38.0 Å². The second-order valence-corrected chi connectivity index (χ2v) is 7.59. The van der Waals surface area contributed by atoms with Gasteiger partial charge in [0, 0.05) is 32.6 Å². The summed E-state index contributed by atoms with van der Waals surface area (Å²) in [5.41, 5.74) is 0. The fourth-order valence-electron chi connectivity index (χ4n) is 4.44. The Bertz CT molecular complexity index is 632. The molecule has 2 aliphatic carbocycles. The predicted octanol–water partition coefficient (Wildman–Crippen LogP) is 2.08. The number of carbonyl (C=O) groups excluding carboxylic acids is 2. The highest BCUT2D eigenvalue weighted by molar-refractivity contribution is 6.06. The van der Waals surface area contributed by atoms with Crippen molar-refractivity contribution in [3.63, 3.8) is 0 Å². The molecule has 2 fully saturated rings. The zero-order valence-electron chi connectivity index (χ0n) is 16.0. The van der Waals surface area contributed by atoms with Crippen LogP contribution in [0.3, 0.4) is 0 Å². The lowest BCUT2D eigenvalue weighted by molar-refractivity contribution is -0.140. The van der Waals surface area contributed by atoms with Crippen LogP contribution >= 0.6 is 0 Å². The number of guanidine groups is 1. The van der Waals surface area contributed by atoms with Crippen molar-refractivity contribution in [2.45, 2.75) is 38.8 Å². The number of nitrogens with zero attached hydrogens (tertiary/aromatic N) is 2. The molecule has 1 saturated carbocycles. The molecule has 6 nitrogen and oxygen atoms in total. The van der Waals surface area contributed by atoms with E-state index in [1.54, 1.807) is 0 Å². The van der Waals surface area contributed by atoms with Crippen LogP contribution in [0.2, 0.25) is 0 Å². The topological polar surface area (TPSA) is 73.8 Å². The molecule has 1 aliphatic heterocycles. The van der Waals surface area contributed by atoms with E-state index in [1.807, 2.05) is 6.92 Å². The van der Waals surface area contributed by atoms with E-state index in [2.05, 4.69) is 27.8 Å². The molecule has 3 rings (SSSR count). The highest BCUT2D eigenvalue weighted by atomic mass is 19.4. The molecule has 2 amide bonds. The number of likely N-dealkylation sites (tertiary alicyclic amines) is 1. The van der Waals surface area contributed by atoms with Crippen LogP contribution in [0, 0.1) is 23.7 Å². The van der Waals surface area contributed by atoms with Gasteiger partial charge in [-0.3, -0.25) is 19.5 Å². The maximum atomic E-state index is 12.6. The number of allylic oxidation sites excluding steroid dienone is 2. The number of rotatable bonds is 8. The van der Waals surface area contributed by atoms with Crippen molar-refractivity contribution in [1.29, 1.82) is 0 Å². The van der Waals surface area contributed by atoms with Gasteiger partial charge < -0.3 is 10.6 Å². The van der Waals surface area contributed by atoms with E-state index < -0.39 is 12.6 Å². The van der Waals surface area contributed by atoms with E-state index >= 15 is 0 Å². The van der Waals surface area contributed by atoms with E-state index in [0.29, 0.717) is 25.5 Å². The SMILES string of the molecule is CCNC(=NCCCCC(F)(F)F)NCCN1C(=O)C2C3C=CC(C3)C2C1=O. The minimum atomic E-state index is -4.13. The summed E-state index contributed by atoms with van der Waals surface area (Å²) in [6.07, 6.45) is 0.492. The third-order valence-electron chi connectivity index (χ3n) is 5.67. The van der Waals surface area contributed by atoms with Crippen LogP contribution in [0.25, 0.3) is 0 Å². The number of amides is 2. The molecule has 28 heavy (non-hydrogen) atoms. The van der Waals surface area contributed by atoms with Crippen LogP contribution < -0.4 is 10.6 Å². The second-order valence-electron chi connectivity index (χ2n) is 7.59. The molecule has 1 saturated heterocycles. The number of hydrogen-bond acceptors (Lipinski definition) is 3. The lowest BCUT2D eigenvalue weighted by Gasteiger charge is -2.18. The number of unbranched alkanes of at least 4 members (excludes halogenated alkanes) is 1. The van der Waals surface area contributed by atoms with Gasteiger partial charge in [-0.25, -0.2) is 0 Å². The highest BCUT2D eigenvalue weighted by Crippen LogP contribution is 2.52. The fourth-order valence-corrected chi connectivity index (χ4v) is 4.44. The Hall–Kier alpha value is -2.06. The Kier molecular flexibility index (Phi) is 6.30. The van der Waals surface area contributed by atoms with Crippen molar-refractivity contribution in [3.8, 4) is 0 Å². The van der Waals surface area contributed by atoms with Crippen LogP contribution in [-0.4, -0.2) is 55.0 Å². The van der Waals surface area contributed by atoms with Crippen LogP contribution in [0.5, 0.6) is 0 Å². The van der Waals surface area contributed by atoms with E-state index in [1.165, 1.54) is 4.90 Å². The maximum Gasteiger partial charge on any atom is 0.389 e. The Morgan fingerprint density at radius 2 is 1.79 bits per heavy atom. The number of halogens is 3. The lowest BCUT2D eigenvalue weighted by atomic mass is 9.85. The smallest absolute Gasteiger partial charge is 0.357 e. The highest BCUT2D eigenvalue weighted by Gasteiger charge is 2.58. The van der Waals surface area contributed by atoms with Crippen molar-refractivity contribution >= 4 is 17.8 Å². The number of nitrogens with one attached hydrogen (secondary N) is 2. The van der Waals surface area contributed by atoms with Crippen molar-refractivity contribution in [1.82, 2.24) is 15.5 Å². The molecule has 4 atom stereocenters. The number of hydrogen-bond donors (Lipinski definition) is 2. The summed E-state index contributed by atoms with van der Waals surface area (Å²) >= 11 is 0. The normalized spacial score (nSPS) is 29.0. The van der Waals surface area contributed by atoms with Gasteiger partial charge in [-0.1, -0.05) is 12.2 Å². The Morgan fingerprint density at radius 1 is 1.14 bits per heavy atom. The third kappa shape index (κ3) is 4.50. The van der Waals surface area contributed by atoms with Gasteiger partial charge in [0.25, 0.3) is 0 Å². The van der Waals surface area contributed by atoms with Crippen molar-refractivity contribution in [2.75, 3.05) is 26.2 Å². The number of aliphatic imine (C=N–C) groups is 1. The van der Waals surface area contributed by atoms with Crippen LogP contribution in [0.4, 0.5) is 13.2 Å². The molecule has 3 aliphatic rings. The molecule has 0 aromatic carbocycles. The summed E-state index contributed by atoms with van der Waals surface area (Å²) < 4.78 is 36.5. The maximum absolute atomic E-state index is 12.6. The first-order valence-corrected chi connectivity index (χ1v) is 9.94. The van der Waals surface area contributed by atoms with Crippen molar-refractivity contribution in [2.24, 2.45) is 28.7 Å². The summed E-state index contributed by atoms with van der Waals surface area (Å²) in [4.78, 5) is 30.8. The van der Waals surface area contributed by atoms with Crippen molar-refractivity contribution < 1.29 is 22.8 Å². The predicted molar refractivity (Wildman–Crippen MR) is 98.3 cm³/mol. The first-order valence-electron chi connectivity index (χ1n) is 9.94. The molecular formula is C19H27F3N4O2. The number of imide groups is 1. The first-order chi connectivity index (χ1) is 13.3. The zero-order valence-corrected chi connectivity index (χ0v) is 16.0. The second kappa shape index (κ2) is 8.53. The van der Waals surface area contributed by atoms with Gasteiger partial charge in [0.05, 0.1) is 11.8 Å². The van der Waals surface area contributed by atoms with Gasteiger partial charge in [-0.2, -0.15) is 13.2 Å². The Labute approximate surface area is 162 Å². The van der Waals surface area contributed by atoms with Crippen molar-refractivity contribution in [3.05, 3.63) is 12.2 Å². The average Bonchev–Trinajstić information content (AvgIpc) is 3.29. The Morgan fingerprint density at radius 3 is 2.36 bits per heavy atom. The monoisotopic (exact) mass is 400 g/mol. The lowest BCUT2D eigenvalue weighted by Crippen LogP contribution is -2.43. The molecule has 0 aromatic heterocycles. The molecule has 2 bridgehead atoms. The van der Waals surface area contributed by atoms with Gasteiger partial charge >= 0.3 is 6.18 Å². The number of carbonyl (C=O) groups is 2. The minimum Gasteiger partial charge on any atom is -0.357 e. The van der Waals surface area contributed by atoms with Gasteiger partial charge in [0.15, 0.2) is 5.96 Å². The molecule has 4 unspecified atom stereocenters. The summed E-state index contributed by atoms with van der Waals surface area (Å²) in [5.74, 6) is 0.317. The van der Waals surface area contributed by atoms with Crippen LogP contribution in [0.1, 0.15) is 32.6 Å².